The maximum atomic E-state index is 4.84. The van der Waals surface area contributed by atoms with E-state index in [1.165, 1.54) is 0 Å². The van der Waals surface area contributed by atoms with Crippen LogP contribution in [-0.4, -0.2) is 15.0 Å². The average Bonchev–Trinajstić information content (AvgIpc) is 2.95. The standard InChI is InChI=1S/C20H13N2.C11H8N.Pt/c1-3-9-15(10-4-1)19-20(16-11-5-2-6-12-16)22-18-14-8-7-13-17(18)21-19;1-2-6-10(7-3-1)11-8-4-5-9-12-11;/h1-11,13-14H;1-6,8-9H;/q2*-1;+2. The second-order valence-electron chi connectivity index (χ2n) is 7.54. The number of rotatable bonds is 3. The Bertz CT molecular complexity index is 1360. The van der Waals surface area contributed by atoms with Gasteiger partial charge in [0.15, 0.2) is 0 Å². The van der Waals surface area contributed by atoms with Crippen molar-refractivity contribution in [2.75, 3.05) is 0 Å². The molecular formula is C31H21N3Pt. The Morgan fingerprint density at radius 3 is 1.66 bits per heavy atom. The third-order valence-electron chi connectivity index (χ3n) is 5.23. The van der Waals surface area contributed by atoms with Crippen molar-refractivity contribution in [1.82, 2.24) is 15.0 Å². The van der Waals surface area contributed by atoms with Crippen molar-refractivity contribution < 1.29 is 21.1 Å². The molecule has 0 bridgehead atoms. The van der Waals surface area contributed by atoms with Gasteiger partial charge in [0.05, 0.1) is 16.7 Å². The summed E-state index contributed by atoms with van der Waals surface area (Å²) in [6.45, 7) is 0. The molecule has 170 valence electrons. The van der Waals surface area contributed by atoms with Crippen molar-refractivity contribution in [2.24, 2.45) is 0 Å². The first-order chi connectivity index (χ1) is 16.9. The van der Waals surface area contributed by atoms with Crippen molar-refractivity contribution in [2.45, 2.75) is 0 Å². The van der Waals surface area contributed by atoms with Crippen LogP contribution in [0.15, 0.2) is 128 Å². The van der Waals surface area contributed by atoms with Crippen LogP contribution in [0.25, 0.3) is 44.8 Å². The SMILES string of the molecule is [Pt+2].[c-]1ccccc1-c1ccccn1.[c-]1ccccc1-c1nc2ccccc2nc1-c1ccccc1. The summed E-state index contributed by atoms with van der Waals surface area (Å²) in [4.78, 5) is 13.9. The van der Waals surface area contributed by atoms with E-state index in [9.17, 15) is 0 Å². The average molecular weight is 631 g/mol. The summed E-state index contributed by atoms with van der Waals surface area (Å²) >= 11 is 0. The maximum Gasteiger partial charge on any atom is 2.00 e. The molecule has 0 fully saturated rings. The van der Waals surface area contributed by atoms with Crippen LogP contribution in [0.4, 0.5) is 0 Å². The number of hydrogen-bond acceptors (Lipinski definition) is 3. The normalized spacial score (nSPS) is 10.1. The van der Waals surface area contributed by atoms with Gasteiger partial charge in [-0.2, -0.15) is 0 Å². The summed E-state index contributed by atoms with van der Waals surface area (Å²) in [5.41, 5.74) is 7.59. The monoisotopic (exact) mass is 630 g/mol. The fourth-order valence-corrected chi connectivity index (χ4v) is 3.60. The van der Waals surface area contributed by atoms with Gasteiger partial charge < -0.3 is 4.98 Å². The minimum atomic E-state index is 0. The molecule has 2 aromatic heterocycles. The summed E-state index contributed by atoms with van der Waals surface area (Å²) in [7, 11) is 0. The third kappa shape index (κ3) is 5.95. The molecule has 0 saturated carbocycles. The zero-order valence-electron chi connectivity index (χ0n) is 18.8. The van der Waals surface area contributed by atoms with Gasteiger partial charge in [-0.25, -0.2) is 0 Å². The number of para-hydroxylation sites is 2. The molecule has 6 aromatic rings. The Hall–Kier alpha value is -3.94. The number of aromatic nitrogens is 3. The summed E-state index contributed by atoms with van der Waals surface area (Å²) < 4.78 is 0. The molecule has 0 saturated heterocycles. The topological polar surface area (TPSA) is 38.7 Å². The van der Waals surface area contributed by atoms with E-state index in [4.69, 9.17) is 9.97 Å². The molecular weight excluding hydrogens is 609 g/mol. The zero-order chi connectivity index (χ0) is 23.0. The summed E-state index contributed by atoms with van der Waals surface area (Å²) in [5.74, 6) is 0. The summed E-state index contributed by atoms with van der Waals surface area (Å²) in [5, 5.41) is 0. The van der Waals surface area contributed by atoms with Crippen LogP contribution in [0, 0.1) is 12.1 Å². The van der Waals surface area contributed by atoms with Crippen LogP contribution in [0.5, 0.6) is 0 Å². The fraction of sp³-hybridized carbons (Fsp3) is 0. The first-order valence-corrected chi connectivity index (χ1v) is 11.1. The van der Waals surface area contributed by atoms with E-state index in [0.717, 1.165) is 44.8 Å². The quantitative estimate of drug-likeness (QED) is 0.193. The van der Waals surface area contributed by atoms with E-state index in [2.05, 4.69) is 29.2 Å². The molecule has 0 amide bonds. The Morgan fingerprint density at radius 2 is 1.06 bits per heavy atom. The molecule has 3 nitrogen and oxygen atoms in total. The van der Waals surface area contributed by atoms with Gasteiger partial charge in [0.25, 0.3) is 0 Å². The predicted molar refractivity (Wildman–Crippen MR) is 138 cm³/mol. The van der Waals surface area contributed by atoms with E-state index >= 15 is 0 Å². The third-order valence-corrected chi connectivity index (χ3v) is 5.23. The number of benzene rings is 4. The molecule has 35 heavy (non-hydrogen) atoms. The van der Waals surface area contributed by atoms with Crippen LogP contribution in [0.3, 0.4) is 0 Å². The van der Waals surface area contributed by atoms with Crippen molar-refractivity contribution in [3.8, 4) is 33.8 Å². The van der Waals surface area contributed by atoms with Crippen molar-refractivity contribution >= 4 is 11.0 Å². The Kier molecular flexibility index (Phi) is 8.27. The van der Waals surface area contributed by atoms with Gasteiger partial charge in [-0.05, 0) is 29.5 Å². The van der Waals surface area contributed by atoms with Crippen LogP contribution >= 0.6 is 0 Å². The second kappa shape index (κ2) is 12.0. The smallest absolute Gasteiger partial charge is 0.305 e. The Balaban J connectivity index is 0.000000189. The van der Waals surface area contributed by atoms with Crippen LogP contribution < -0.4 is 0 Å². The van der Waals surface area contributed by atoms with E-state index in [-0.39, 0.29) is 21.1 Å². The zero-order valence-corrected chi connectivity index (χ0v) is 21.1. The molecule has 0 N–H and O–H groups in total. The minimum Gasteiger partial charge on any atom is -0.305 e. The molecule has 4 aromatic carbocycles. The van der Waals surface area contributed by atoms with Gasteiger partial charge in [0.2, 0.25) is 0 Å². The molecule has 0 atom stereocenters. The largest absolute Gasteiger partial charge is 2.00 e. The number of fused-ring (bicyclic) bond motifs is 1. The van der Waals surface area contributed by atoms with Crippen molar-refractivity contribution in [1.29, 1.82) is 0 Å². The number of hydrogen-bond donors (Lipinski definition) is 0. The fourth-order valence-electron chi connectivity index (χ4n) is 3.60. The molecule has 0 spiro atoms. The molecule has 0 aliphatic rings. The second-order valence-corrected chi connectivity index (χ2v) is 7.54. The molecule has 0 aliphatic heterocycles. The molecule has 6 rings (SSSR count). The maximum absolute atomic E-state index is 4.84. The van der Waals surface area contributed by atoms with E-state index in [1.807, 2.05) is 109 Å². The van der Waals surface area contributed by atoms with Crippen LogP contribution in [0.2, 0.25) is 0 Å². The van der Waals surface area contributed by atoms with Gasteiger partial charge in [-0.15, -0.1) is 71.8 Å². The molecule has 4 heteroatoms. The molecule has 0 radical (unpaired) electrons. The van der Waals surface area contributed by atoms with Gasteiger partial charge in [-0.3, -0.25) is 9.97 Å². The summed E-state index contributed by atoms with van der Waals surface area (Å²) in [6, 6.07) is 46.1. The van der Waals surface area contributed by atoms with Gasteiger partial charge in [-0.1, -0.05) is 54.6 Å². The van der Waals surface area contributed by atoms with Crippen LogP contribution in [0.1, 0.15) is 0 Å². The van der Waals surface area contributed by atoms with Gasteiger partial charge >= 0.3 is 21.1 Å². The molecule has 2 heterocycles. The van der Waals surface area contributed by atoms with E-state index in [0.29, 0.717) is 0 Å². The van der Waals surface area contributed by atoms with Crippen molar-refractivity contribution in [3.05, 3.63) is 140 Å². The van der Waals surface area contributed by atoms with E-state index < -0.39 is 0 Å². The molecule has 0 unspecified atom stereocenters. The Labute approximate surface area is 219 Å². The van der Waals surface area contributed by atoms with E-state index in [1.54, 1.807) is 6.20 Å². The van der Waals surface area contributed by atoms with Gasteiger partial charge in [0.1, 0.15) is 0 Å². The Morgan fingerprint density at radius 1 is 0.486 bits per heavy atom. The predicted octanol–water partition coefficient (Wildman–Crippen LogP) is 7.31. The van der Waals surface area contributed by atoms with Crippen molar-refractivity contribution in [3.63, 3.8) is 0 Å². The van der Waals surface area contributed by atoms with Gasteiger partial charge in [0, 0.05) is 11.9 Å². The molecule has 0 aliphatic carbocycles. The minimum absolute atomic E-state index is 0. The first kappa shape index (κ1) is 24.2. The number of nitrogens with zero attached hydrogens (tertiary/aromatic N) is 3. The first-order valence-electron chi connectivity index (χ1n) is 11.1. The van der Waals surface area contributed by atoms with Crippen LogP contribution in [-0.2, 0) is 21.1 Å². The number of pyridine rings is 1. The summed E-state index contributed by atoms with van der Waals surface area (Å²) in [6.07, 6.45) is 1.79.